The van der Waals surface area contributed by atoms with Crippen LogP contribution in [-0.4, -0.2) is 12.6 Å². The van der Waals surface area contributed by atoms with Gasteiger partial charge in [0.1, 0.15) is 0 Å². The summed E-state index contributed by atoms with van der Waals surface area (Å²) in [5, 5.41) is 1.81. The second kappa shape index (κ2) is 6.30. The molecular formula is C12H14O2S. The summed E-state index contributed by atoms with van der Waals surface area (Å²) in [7, 11) is 0. The molecule has 15 heavy (non-hydrogen) atoms. The molecule has 0 heterocycles. The van der Waals surface area contributed by atoms with Crippen molar-refractivity contribution in [2.45, 2.75) is 18.7 Å². The summed E-state index contributed by atoms with van der Waals surface area (Å²) in [6.45, 7) is 3.98. The molecule has 0 radical (unpaired) electrons. The molecule has 80 valence electrons. The van der Waals surface area contributed by atoms with Crippen molar-refractivity contribution in [2.24, 2.45) is 0 Å². The molecule has 0 unspecified atom stereocenters. The third kappa shape index (κ3) is 4.21. The fraction of sp³-hybridized carbons (Fsp3) is 0.250. The highest BCUT2D eigenvalue weighted by molar-refractivity contribution is 8.02. The largest absolute Gasteiger partial charge is 0.463 e. The van der Waals surface area contributed by atoms with Crippen LogP contribution in [0.4, 0.5) is 0 Å². The van der Waals surface area contributed by atoms with Crippen LogP contribution in [-0.2, 0) is 9.53 Å². The summed E-state index contributed by atoms with van der Waals surface area (Å²) < 4.78 is 4.87. The Hall–Kier alpha value is -1.22. The van der Waals surface area contributed by atoms with Crippen molar-refractivity contribution in [3.8, 4) is 0 Å². The highest BCUT2D eigenvalue weighted by atomic mass is 32.2. The van der Waals surface area contributed by atoms with Crippen LogP contribution in [0.2, 0.25) is 0 Å². The minimum atomic E-state index is -0.249. The molecule has 0 aromatic heterocycles. The van der Waals surface area contributed by atoms with E-state index in [1.807, 2.05) is 35.7 Å². The Morgan fingerprint density at radius 1 is 1.40 bits per heavy atom. The number of benzene rings is 1. The molecule has 0 spiro atoms. The summed E-state index contributed by atoms with van der Waals surface area (Å²) >= 11 is 1.52. The molecule has 1 aromatic carbocycles. The first-order chi connectivity index (χ1) is 7.24. The van der Waals surface area contributed by atoms with Crippen LogP contribution >= 0.6 is 11.8 Å². The predicted octanol–water partition coefficient (Wildman–Crippen LogP) is 3.25. The third-order valence-electron chi connectivity index (χ3n) is 1.71. The van der Waals surface area contributed by atoms with E-state index in [-0.39, 0.29) is 5.97 Å². The van der Waals surface area contributed by atoms with E-state index in [1.54, 1.807) is 13.8 Å². The SMILES string of the molecule is CCOC(=O)C(C)=CSc1ccccc1. The first kappa shape index (κ1) is 11.9. The van der Waals surface area contributed by atoms with Crippen LogP contribution in [0.25, 0.3) is 0 Å². The van der Waals surface area contributed by atoms with Gasteiger partial charge in [0.25, 0.3) is 0 Å². The quantitative estimate of drug-likeness (QED) is 0.444. The summed E-state index contributed by atoms with van der Waals surface area (Å²) in [6, 6.07) is 9.90. The standard InChI is InChI=1S/C12H14O2S/c1-3-14-12(13)10(2)9-15-11-7-5-4-6-8-11/h4-9H,3H2,1-2H3. The minimum Gasteiger partial charge on any atom is -0.463 e. The molecule has 0 aliphatic rings. The van der Waals surface area contributed by atoms with Crippen molar-refractivity contribution < 1.29 is 9.53 Å². The van der Waals surface area contributed by atoms with E-state index in [0.717, 1.165) is 4.90 Å². The Kier molecular flexibility index (Phi) is 4.98. The van der Waals surface area contributed by atoms with Crippen molar-refractivity contribution in [3.05, 3.63) is 41.3 Å². The molecular weight excluding hydrogens is 208 g/mol. The van der Waals surface area contributed by atoms with Crippen LogP contribution < -0.4 is 0 Å². The van der Waals surface area contributed by atoms with Gasteiger partial charge in [0.2, 0.25) is 0 Å². The van der Waals surface area contributed by atoms with Gasteiger partial charge in [-0.2, -0.15) is 0 Å². The van der Waals surface area contributed by atoms with Gasteiger partial charge in [-0.05, 0) is 31.4 Å². The minimum absolute atomic E-state index is 0.249. The van der Waals surface area contributed by atoms with Crippen LogP contribution in [0.15, 0.2) is 46.2 Å². The van der Waals surface area contributed by atoms with Crippen LogP contribution in [0.3, 0.4) is 0 Å². The molecule has 0 N–H and O–H groups in total. The normalized spacial score (nSPS) is 11.2. The number of carbonyl (C=O) groups excluding carboxylic acids is 1. The Labute approximate surface area is 94.3 Å². The van der Waals surface area contributed by atoms with Crippen molar-refractivity contribution in [1.29, 1.82) is 0 Å². The number of carbonyl (C=O) groups is 1. The predicted molar refractivity (Wildman–Crippen MR) is 62.7 cm³/mol. The van der Waals surface area contributed by atoms with E-state index in [1.165, 1.54) is 11.8 Å². The Morgan fingerprint density at radius 3 is 2.67 bits per heavy atom. The molecule has 1 aromatic rings. The third-order valence-corrected chi connectivity index (χ3v) is 2.73. The van der Waals surface area contributed by atoms with Crippen LogP contribution in [0, 0.1) is 0 Å². The molecule has 0 amide bonds. The molecule has 2 nitrogen and oxygen atoms in total. The molecule has 0 bridgehead atoms. The molecule has 0 fully saturated rings. The average Bonchev–Trinajstić information content (AvgIpc) is 2.27. The average molecular weight is 222 g/mol. The lowest BCUT2D eigenvalue weighted by atomic mass is 10.4. The topological polar surface area (TPSA) is 26.3 Å². The van der Waals surface area contributed by atoms with Crippen molar-refractivity contribution in [2.75, 3.05) is 6.61 Å². The van der Waals surface area contributed by atoms with Crippen molar-refractivity contribution in [3.63, 3.8) is 0 Å². The second-order valence-electron chi connectivity index (χ2n) is 2.95. The number of hydrogen-bond donors (Lipinski definition) is 0. The highest BCUT2D eigenvalue weighted by Gasteiger charge is 2.03. The van der Waals surface area contributed by atoms with Crippen molar-refractivity contribution in [1.82, 2.24) is 0 Å². The van der Waals surface area contributed by atoms with Gasteiger partial charge in [0.05, 0.1) is 6.61 Å². The van der Waals surface area contributed by atoms with Crippen LogP contribution in [0.5, 0.6) is 0 Å². The maximum Gasteiger partial charge on any atom is 0.334 e. The van der Waals surface area contributed by atoms with E-state index in [4.69, 9.17) is 4.74 Å². The molecule has 0 aliphatic carbocycles. The molecule has 0 saturated carbocycles. The first-order valence-electron chi connectivity index (χ1n) is 4.79. The van der Waals surface area contributed by atoms with Crippen molar-refractivity contribution >= 4 is 17.7 Å². The molecule has 3 heteroatoms. The summed E-state index contributed by atoms with van der Waals surface area (Å²) in [5.41, 5.74) is 0.630. The maximum absolute atomic E-state index is 11.3. The van der Waals surface area contributed by atoms with E-state index >= 15 is 0 Å². The lowest BCUT2D eigenvalue weighted by Gasteiger charge is -2.01. The number of rotatable bonds is 4. The van der Waals surface area contributed by atoms with Crippen LogP contribution in [0.1, 0.15) is 13.8 Å². The van der Waals surface area contributed by atoms with Gasteiger partial charge in [-0.3, -0.25) is 0 Å². The fourth-order valence-electron chi connectivity index (χ4n) is 0.949. The Morgan fingerprint density at radius 2 is 2.07 bits per heavy atom. The molecule has 0 aliphatic heterocycles. The van der Waals surface area contributed by atoms with E-state index in [2.05, 4.69) is 0 Å². The zero-order valence-corrected chi connectivity index (χ0v) is 9.71. The van der Waals surface area contributed by atoms with E-state index < -0.39 is 0 Å². The van der Waals surface area contributed by atoms with Gasteiger partial charge in [-0.1, -0.05) is 30.0 Å². The van der Waals surface area contributed by atoms with Gasteiger partial charge >= 0.3 is 5.97 Å². The monoisotopic (exact) mass is 222 g/mol. The zero-order valence-electron chi connectivity index (χ0n) is 8.90. The zero-order chi connectivity index (χ0) is 11.1. The number of thioether (sulfide) groups is 1. The second-order valence-corrected chi connectivity index (χ2v) is 3.90. The maximum atomic E-state index is 11.3. The van der Waals surface area contributed by atoms with E-state index in [9.17, 15) is 4.79 Å². The van der Waals surface area contributed by atoms with Gasteiger partial charge < -0.3 is 4.74 Å². The number of ether oxygens (including phenoxy) is 1. The Balaban J connectivity index is 2.54. The van der Waals surface area contributed by atoms with Gasteiger partial charge in [-0.15, -0.1) is 0 Å². The summed E-state index contributed by atoms with van der Waals surface area (Å²) in [4.78, 5) is 12.4. The molecule has 0 saturated heterocycles. The lowest BCUT2D eigenvalue weighted by molar-refractivity contribution is -0.138. The smallest absolute Gasteiger partial charge is 0.334 e. The Bertz CT molecular complexity index is 344. The highest BCUT2D eigenvalue weighted by Crippen LogP contribution is 2.20. The number of esters is 1. The fourth-order valence-corrected chi connectivity index (χ4v) is 1.67. The van der Waals surface area contributed by atoms with Gasteiger partial charge in [0.15, 0.2) is 0 Å². The van der Waals surface area contributed by atoms with Gasteiger partial charge in [0, 0.05) is 10.5 Å². The number of hydrogen-bond acceptors (Lipinski definition) is 3. The molecule has 1 rings (SSSR count). The first-order valence-corrected chi connectivity index (χ1v) is 5.67. The lowest BCUT2D eigenvalue weighted by Crippen LogP contribution is -2.04. The van der Waals surface area contributed by atoms with Gasteiger partial charge in [-0.25, -0.2) is 4.79 Å². The molecule has 0 atom stereocenters. The van der Waals surface area contributed by atoms with E-state index in [0.29, 0.717) is 12.2 Å². The summed E-state index contributed by atoms with van der Waals surface area (Å²) in [6.07, 6.45) is 0. The summed E-state index contributed by atoms with van der Waals surface area (Å²) in [5.74, 6) is -0.249.